The van der Waals surface area contributed by atoms with Gasteiger partial charge in [-0.3, -0.25) is 9.79 Å². The fraction of sp³-hybridized carbons (Fsp3) is 0.360. The quantitative estimate of drug-likeness (QED) is 0.445. The van der Waals surface area contributed by atoms with Crippen LogP contribution in [0.15, 0.2) is 41.4 Å². The summed E-state index contributed by atoms with van der Waals surface area (Å²) in [6, 6.07) is 11.8. The Hall–Kier alpha value is -2.99. The van der Waals surface area contributed by atoms with Gasteiger partial charge >= 0.3 is 5.97 Å². The molecule has 6 nitrogen and oxygen atoms in total. The molecule has 32 heavy (non-hydrogen) atoms. The Morgan fingerprint density at radius 3 is 2.84 bits per heavy atom. The monoisotopic (exact) mass is 454 g/mol. The van der Waals surface area contributed by atoms with Gasteiger partial charge in [0.1, 0.15) is 18.1 Å². The molecule has 0 saturated heterocycles. The highest BCUT2D eigenvalue weighted by molar-refractivity contribution is 6.36. The molecule has 0 amide bonds. The second-order valence-electron chi connectivity index (χ2n) is 8.33. The van der Waals surface area contributed by atoms with E-state index < -0.39 is 5.97 Å². The van der Waals surface area contributed by atoms with Crippen LogP contribution in [0, 0.1) is 0 Å². The van der Waals surface area contributed by atoms with Crippen molar-refractivity contribution in [1.29, 1.82) is 0 Å². The Kier molecular flexibility index (Phi) is 6.42. The van der Waals surface area contributed by atoms with E-state index in [1.165, 1.54) is 0 Å². The zero-order chi connectivity index (χ0) is 22.8. The molecule has 1 N–H and O–H groups in total. The summed E-state index contributed by atoms with van der Waals surface area (Å²) < 4.78 is 14.0. The van der Waals surface area contributed by atoms with Crippen molar-refractivity contribution in [2.24, 2.45) is 4.99 Å². The number of carboxylic acid groups (broad SMARTS) is 1. The lowest BCUT2D eigenvalue weighted by Crippen LogP contribution is -2.08. The fourth-order valence-corrected chi connectivity index (χ4v) is 4.74. The normalized spacial score (nSPS) is 15.6. The Morgan fingerprint density at radius 1 is 1.31 bits per heavy atom. The Balaban J connectivity index is 1.55. The molecule has 0 aliphatic carbocycles. The van der Waals surface area contributed by atoms with E-state index in [2.05, 4.69) is 9.56 Å². The number of hydrogen-bond donors (Lipinski definition) is 1. The number of aromatic nitrogens is 1. The van der Waals surface area contributed by atoms with Gasteiger partial charge in [-0.05, 0) is 56.2 Å². The highest BCUT2D eigenvalue weighted by Gasteiger charge is 2.30. The number of aliphatic carboxylic acids is 1. The molecule has 1 aliphatic rings. The third-order valence-corrected chi connectivity index (χ3v) is 6.03. The van der Waals surface area contributed by atoms with Gasteiger partial charge in [0.05, 0.1) is 23.1 Å². The van der Waals surface area contributed by atoms with Crippen molar-refractivity contribution in [2.45, 2.75) is 51.9 Å². The topological polar surface area (TPSA) is 73.1 Å². The van der Waals surface area contributed by atoms with Crippen molar-refractivity contribution < 1.29 is 19.4 Å². The Bertz CT molecular complexity index is 1180. The van der Waals surface area contributed by atoms with Crippen molar-refractivity contribution >= 4 is 34.7 Å². The maximum Gasteiger partial charge on any atom is 0.304 e. The number of halogens is 1. The molecule has 4 rings (SSSR count). The largest absolute Gasteiger partial charge is 0.490 e. The van der Waals surface area contributed by atoms with Crippen LogP contribution >= 0.6 is 11.6 Å². The fourth-order valence-electron chi connectivity index (χ4n) is 4.33. The Morgan fingerprint density at radius 2 is 2.12 bits per heavy atom. The number of hydrogen-bond acceptors (Lipinski definition) is 4. The van der Waals surface area contributed by atoms with Gasteiger partial charge in [0.25, 0.3) is 0 Å². The van der Waals surface area contributed by atoms with Gasteiger partial charge in [-0.2, -0.15) is 0 Å². The molecular weight excluding hydrogens is 428 g/mol. The van der Waals surface area contributed by atoms with Gasteiger partial charge in [-0.1, -0.05) is 17.7 Å². The van der Waals surface area contributed by atoms with Crippen molar-refractivity contribution in [2.75, 3.05) is 7.05 Å². The van der Waals surface area contributed by atoms with E-state index in [1.807, 2.05) is 50.2 Å². The molecule has 2 aromatic carbocycles. The first kappa shape index (κ1) is 22.2. The second kappa shape index (κ2) is 9.25. The van der Waals surface area contributed by atoms with Crippen LogP contribution in [-0.4, -0.2) is 35.0 Å². The standard InChI is InChI=1S/C25H27ClN2O4/c1-15(2)32-22-7-4-16(10-18(22)13-27-3)14-31-19-5-6-21-20(12-19)24(26)25-17(11-23(29)30)8-9-28(21)25/h4-7,10,12-13,15,17H,8-9,11,14H2,1-3H3,(H,29,30). The second-order valence-corrected chi connectivity index (χ2v) is 8.71. The number of fused-ring (bicyclic) bond motifs is 3. The molecule has 1 aromatic heterocycles. The summed E-state index contributed by atoms with van der Waals surface area (Å²) >= 11 is 6.69. The first-order chi connectivity index (χ1) is 15.4. The summed E-state index contributed by atoms with van der Waals surface area (Å²) in [7, 11) is 1.73. The molecule has 2 heterocycles. The number of carbonyl (C=O) groups is 1. The summed E-state index contributed by atoms with van der Waals surface area (Å²) in [6.45, 7) is 5.16. The molecule has 7 heteroatoms. The predicted molar refractivity (Wildman–Crippen MR) is 127 cm³/mol. The summed E-state index contributed by atoms with van der Waals surface area (Å²) in [4.78, 5) is 15.3. The lowest BCUT2D eigenvalue weighted by Gasteiger charge is -2.14. The number of benzene rings is 2. The smallest absolute Gasteiger partial charge is 0.304 e. The van der Waals surface area contributed by atoms with Crippen LogP contribution in [0.1, 0.15) is 49.4 Å². The van der Waals surface area contributed by atoms with E-state index in [-0.39, 0.29) is 18.4 Å². The third-order valence-electron chi connectivity index (χ3n) is 5.63. The number of carboxylic acids is 1. The van der Waals surface area contributed by atoms with Crippen LogP contribution < -0.4 is 9.47 Å². The highest BCUT2D eigenvalue weighted by atomic mass is 35.5. The van der Waals surface area contributed by atoms with E-state index in [4.69, 9.17) is 21.1 Å². The zero-order valence-corrected chi connectivity index (χ0v) is 19.2. The van der Waals surface area contributed by atoms with Gasteiger partial charge in [0.15, 0.2) is 0 Å². The molecule has 0 bridgehead atoms. The molecule has 0 fully saturated rings. The lowest BCUT2D eigenvalue weighted by atomic mass is 10.0. The minimum absolute atomic E-state index is 0.0537. The van der Waals surface area contributed by atoms with Crippen molar-refractivity contribution in [3.63, 3.8) is 0 Å². The van der Waals surface area contributed by atoms with Crippen LogP contribution in [0.5, 0.6) is 11.5 Å². The maximum atomic E-state index is 11.2. The van der Waals surface area contributed by atoms with Crippen molar-refractivity contribution in [3.8, 4) is 11.5 Å². The average molecular weight is 455 g/mol. The van der Waals surface area contributed by atoms with E-state index in [0.717, 1.165) is 46.4 Å². The zero-order valence-electron chi connectivity index (χ0n) is 18.5. The number of aryl methyl sites for hydroxylation is 1. The summed E-state index contributed by atoms with van der Waals surface area (Å²) in [6.07, 6.45) is 2.76. The molecule has 0 spiro atoms. The SMILES string of the molecule is CN=Cc1cc(COc2ccc3c(c2)c(Cl)c2n3CCC2CC(=O)O)ccc1OC(C)C. The number of nitrogens with zero attached hydrogens (tertiary/aromatic N) is 2. The van der Waals surface area contributed by atoms with Gasteiger partial charge < -0.3 is 19.1 Å². The molecule has 0 radical (unpaired) electrons. The Labute approximate surface area is 192 Å². The number of ether oxygens (including phenoxy) is 2. The van der Waals surface area contributed by atoms with Gasteiger partial charge in [-0.15, -0.1) is 0 Å². The maximum absolute atomic E-state index is 11.2. The lowest BCUT2D eigenvalue weighted by molar-refractivity contribution is -0.137. The third kappa shape index (κ3) is 4.46. The highest BCUT2D eigenvalue weighted by Crippen LogP contribution is 2.43. The minimum Gasteiger partial charge on any atom is -0.490 e. The summed E-state index contributed by atoms with van der Waals surface area (Å²) in [5.41, 5.74) is 3.85. The van der Waals surface area contributed by atoms with Crippen LogP contribution in [0.25, 0.3) is 10.9 Å². The molecule has 1 aliphatic heterocycles. The molecule has 3 aromatic rings. The number of aliphatic imine (C=N–C) groups is 1. The summed E-state index contributed by atoms with van der Waals surface area (Å²) in [5, 5.41) is 10.7. The molecular formula is C25H27ClN2O4. The number of rotatable bonds is 8. The van der Waals surface area contributed by atoms with Crippen molar-refractivity contribution in [1.82, 2.24) is 4.57 Å². The molecule has 1 atom stereocenters. The molecule has 1 unspecified atom stereocenters. The molecule has 168 valence electrons. The predicted octanol–water partition coefficient (Wildman–Crippen LogP) is 5.67. The minimum atomic E-state index is -0.800. The van der Waals surface area contributed by atoms with Crippen LogP contribution in [0.3, 0.4) is 0 Å². The van der Waals surface area contributed by atoms with E-state index in [9.17, 15) is 9.90 Å². The summed E-state index contributed by atoms with van der Waals surface area (Å²) in [5.74, 6) is 0.654. The van der Waals surface area contributed by atoms with E-state index >= 15 is 0 Å². The van der Waals surface area contributed by atoms with Crippen LogP contribution in [-0.2, 0) is 17.9 Å². The van der Waals surface area contributed by atoms with E-state index in [0.29, 0.717) is 17.4 Å². The van der Waals surface area contributed by atoms with Gasteiger partial charge in [0.2, 0.25) is 0 Å². The molecule has 0 saturated carbocycles. The first-order valence-electron chi connectivity index (χ1n) is 10.7. The van der Waals surface area contributed by atoms with Crippen LogP contribution in [0.4, 0.5) is 0 Å². The average Bonchev–Trinajstić information content (AvgIpc) is 3.27. The van der Waals surface area contributed by atoms with Gasteiger partial charge in [-0.25, -0.2) is 0 Å². The first-order valence-corrected chi connectivity index (χ1v) is 11.1. The van der Waals surface area contributed by atoms with E-state index in [1.54, 1.807) is 13.3 Å². The van der Waals surface area contributed by atoms with Crippen LogP contribution in [0.2, 0.25) is 5.02 Å². The van der Waals surface area contributed by atoms with Crippen molar-refractivity contribution in [3.05, 3.63) is 58.2 Å². The van der Waals surface area contributed by atoms with Gasteiger partial charge in [0, 0.05) is 42.4 Å².